The van der Waals surface area contributed by atoms with Gasteiger partial charge in [-0.2, -0.15) is 61.0 Å². The van der Waals surface area contributed by atoms with Gasteiger partial charge in [-0.05, 0) is 11.2 Å². The van der Waals surface area contributed by atoms with E-state index in [1.54, 1.807) is 11.8 Å². The Bertz CT molecular complexity index is 335. The summed E-state index contributed by atoms with van der Waals surface area (Å²) in [7, 11) is 0. The third-order valence-corrected chi connectivity index (χ3v) is 2.51. The molecule has 0 fully saturated rings. The van der Waals surface area contributed by atoms with Gasteiger partial charge in [-0.15, -0.1) is 23.9 Å². The van der Waals surface area contributed by atoms with Crippen LogP contribution < -0.4 is 17.0 Å². The fraction of sp³-hybridized carbons (Fsp3) is 0.0714. The minimum absolute atomic E-state index is 0. The molecule has 0 radical (unpaired) electrons. The first kappa shape index (κ1) is 19.3. The summed E-state index contributed by atoms with van der Waals surface area (Å²) in [4.78, 5) is 1.29. The average Bonchev–Trinajstić information content (AvgIpc) is 2.33. The van der Waals surface area contributed by atoms with E-state index < -0.39 is 0 Å². The summed E-state index contributed by atoms with van der Waals surface area (Å²) in [5.74, 6) is 0. The molecule has 17 heavy (non-hydrogen) atoms. The Morgan fingerprint density at radius 1 is 1.00 bits per heavy atom. The van der Waals surface area contributed by atoms with Crippen molar-refractivity contribution in [2.75, 3.05) is 6.26 Å². The van der Waals surface area contributed by atoms with Gasteiger partial charge in [-0.1, -0.05) is 0 Å². The largest absolute Gasteiger partial charge is 2.00 e. The summed E-state index contributed by atoms with van der Waals surface area (Å²) in [6.07, 6.45) is 2.07. The van der Waals surface area contributed by atoms with Crippen LogP contribution in [0.2, 0.25) is 0 Å². The van der Waals surface area contributed by atoms with E-state index in [9.17, 15) is 0 Å². The van der Waals surface area contributed by atoms with Gasteiger partial charge < -0.3 is 17.0 Å². The van der Waals surface area contributed by atoms with Gasteiger partial charge in [-0.25, -0.2) is 0 Å². The second-order valence-electron chi connectivity index (χ2n) is 2.93. The maximum atomic E-state index is 3.79. The average molecular weight is 319 g/mol. The normalized spacial score (nSPS) is 7.82. The molecule has 0 nitrogen and oxygen atoms in total. The molecule has 0 aliphatic carbocycles. The standard InChI is InChI=1S/C8H9S.C6H5.BrH.Mg/c1-7-3-5-8(9-2)6-4-7;1-2-4-6-5-3-1;;/h3-6H,1H2,2H3;1-5H;1H;/q2*-1;;+2/p-1. The molecule has 3 heteroatoms. The topological polar surface area (TPSA) is 0 Å². The monoisotopic (exact) mass is 317 g/mol. The summed E-state index contributed by atoms with van der Waals surface area (Å²) in [6.45, 7) is 3.79. The van der Waals surface area contributed by atoms with E-state index in [0.29, 0.717) is 0 Å². The van der Waals surface area contributed by atoms with Gasteiger partial charge in [0.05, 0.1) is 0 Å². The van der Waals surface area contributed by atoms with E-state index in [1.165, 1.54) is 4.90 Å². The first-order chi connectivity index (χ1) is 7.33. The van der Waals surface area contributed by atoms with E-state index in [-0.39, 0.29) is 40.0 Å². The van der Waals surface area contributed by atoms with Crippen LogP contribution >= 0.6 is 11.8 Å². The molecule has 0 heterocycles. The van der Waals surface area contributed by atoms with E-state index in [0.717, 1.165) is 5.56 Å². The molecule has 0 saturated heterocycles. The number of benzene rings is 2. The fourth-order valence-corrected chi connectivity index (χ4v) is 1.38. The number of rotatable bonds is 1. The molecule has 0 aromatic heterocycles. The molecular weight excluding hydrogens is 304 g/mol. The van der Waals surface area contributed by atoms with Crippen molar-refractivity contribution in [1.82, 2.24) is 0 Å². The molecule has 0 bridgehead atoms. The van der Waals surface area contributed by atoms with Gasteiger partial charge in [0.2, 0.25) is 0 Å². The van der Waals surface area contributed by atoms with E-state index in [4.69, 9.17) is 0 Å². The van der Waals surface area contributed by atoms with Gasteiger partial charge in [0.15, 0.2) is 0 Å². The van der Waals surface area contributed by atoms with E-state index in [1.807, 2.05) is 42.5 Å². The van der Waals surface area contributed by atoms with Gasteiger partial charge in [0.1, 0.15) is 0 Å². The second kappa shape index (κ2) is 12.4. The van der Waals surface area contributed by atoms with Gasteiger partial charge >= 0.3 is 23.1 Å². The van der Waals surface area contributed by atoms with Crippen LogP contribution in [0.15, 0.2) is 59.5 Å². The first-order valence-electron chi connectivity index (χ1n) is 4.70. The molecule has 0 aliphatic heterocycles. The van der Waals surface area contributed by atoms with Crippen molar-refractivity contribution in [3.63, 3.8) is 0 Å². The molecule has 2 aromatic carbocycles. The van der Waals surface area contributed by atoms with Crippen molar-refractivity contribution in [3.05, 3.63) is 73.2 Å². The summed E-state index contributed by atoms with van der Waals surface area (Å²) in [5.41, 5.74) is 1.08. The van der Waals surface area contributed by atoms with Gasteiger partial charge in [0.25, 0.3) is 0 Å². The minimum atomic E-state index is 0. The third kappa shape index (κ3) is 9.59. The zero-order chi connectivity index (χ0) is 10.9. The van der Waals surface area contributed by atoms with Crippen molar-refractivity contribution < 1.29 is 17.0 Å². The number of hydrogen-bond donors (Lipinski definition) is 0. The number of thioether (sulfide) groups is 1. The molecule has 0 atom stereocenters. The van der Waals surface area contributed by atoms with Crippen LogP contribution in [0.25, 0.3) is 0 Å². The van der Waals surface area contributed by atoms with Crippen molar-refractivity contribution in [3.8, 4) is 0 Å². The zero-order valence-corrected chi connectivity index (χ0v) is 13.7. The SMILES string of the molecule is [Br-].[CH2-]c1ccc(SC)cc1.[Mg+2].[c-]1ccccc1. The Balaban J connectivity index is 0. The zero-order valence-electron chi connectivity index (χ0n) is 9.90. The molecule has 2 rings (SSSR count). The van der Waals surface area contributed by atoms with E-state index in [2.05, 4.69) is 31.4 Å². The summed E-state index contributed by atoms with van der Waals surface area (Å²) in [5, 5.41) is 0. The number of hydrogen-bond acceptors (Lipinski definition) is 1. The Labute approximate surface area is 135 Å². The molecule has 0 N–H and O–H groups in total. The van der Waals surface area contributed by atoms with Crippen LogP contribution in [0.3, 0.4) is 0 Å². The predicted molar refractivity (Wildman–Crippen MR) is 73.7 cm³/mol. The minimum Gasteiger partial charge on any atom is -1.00 e. The van der Waals surface area contributed by atoms with Crippen LogP contribution in [-0.2, 0) is 0 Å². The second-order valence-corrected chi connectivity index (χ2v) is 3.81. The molecule has 0 aliphatic rings. The Hall–Kier alpha value is -0.0938. The molecule has 0 unspecified atom stereocenters. The fourth-order valence-electron chi connectivity index (χ4n) is 0.967. The Morgan fingerprint density at radius 3 is 1.82 bits per heavy atom. The van der Waals surface area contributed by atoms with Gasteiger partial charge in [-0.3, -0.25) is 0 Å². The Morgan fingerprint density at radius 2 is 1.53 bits per heavy atom. The van der Waals surface area contributed by atoms with Crippen LogP contribution in [-0.4, -0.2) is 29.3 Å². The van der Waals surface area contributed by atoms with E-state index >= 15 is 0 Å². The number of halogens is 1. The summed E-state index contributed by atoms with van der Waals surface area (Å²) < 4.78 is 0. The smallest absolute Gasteiger partial charge is 1.00 e. The van der Waals surface area contributed by atoms with Crippen molar-refractivity contribution in [2.24, 2.45) is 0 Å². The molecule has 86 valence electrons. The molecule has 2 aromatic rings. The summed E-state index contributed by atoms with van der Waals surface area (Å²) in [6, 6.07) is 20.7. The summed E-state index contributed by atoms with van der Waals surface area (Å²) >= 11 is 1.75. The van der Waals surface area contributed by atoms with Crippen molar-refractivity contribution in [1.29, 1.82) is 0 Å². The predicted octanol–water partition coefficient (Wildman–Crippen LogP) is 0.701. The molecule has 0 amide bonds. The molecule has 0 saturated carbocycles. The van der Waals surface area contributed by atoms with Crippen LogP contribution in [0.4, 0.5) is 0 Å². The van der Waals surface area contributed by atoms with Crippen molar-refractivity contribution in [2.45, 2.75) is 4.90 Å². The Kier molecular flexibility index (Phi) is 14.0. The van der Waals surface area contributed by atoms with Gasteiger partial charge in [0, 0.05) is 0 Å². The molecular formula is C14H14BrMgS-. The van der Waals surface area contributed by atoms with Crippen molar-refractivity contribution >= 4 is 34.8 Å². The van der Waals surface area contributed by atoms with Crippen LogP contribution in [0.1, 0.15) is 5.56 Å². The maximum absolute atomic E-state index is 3.79. The molecule has 0 spiro atoms. The van der Waals surface area contributed by atoms with Crippen LogP contribution in [0.5, 0.6) is 0 Å². The third-order valence-electron chi connectivity index (χ3n) is 1.77. The quantitative estimate of drug-likeness (QED) is 0.424. The maximum Gasteiger partial charge on any atom is 2.00 e. The van der Waals surface area contributed by atoms with Crippen LogP contribution in [0, 0.1) is 13.0 Å². The first-order valence-corrected chi connectivity index (χ1v) is 5.92.